The van der Waals surface area contributed by atoms with Crippen LogP contribution in [0.5, 0.6) is 17.2 Å². The lowest BCUT2D eigenvalue weighted by atomic mass is 10.1. The van der Waals surface area contributed by atoms with E-state index >= 15 is 0 Å². The predicted octanol–water partition coefficient (Wildman–Crippen LogP) is 4.61. The van der Waals surface area contributed by atoms with E-state index < -0.39 is 5.97 Å². The summed E-state index contributed by atoms with van der Waals surface area (Å²) < 4.78 is 22.3. The minimum atomic E-state index is -0.506. The van der Waals surface area contributed by atoms with Crippen LogP contribution in [0, 0.1) is 0 Å². The third-order valence-electron chi connectivity index (χ3n) is 5.77. The zero-order chi connectivity index (χ0) is 28.8. The molecule has 0 aromatic heterocycles. The largest absolute Gasteiger partial charge is 0.494 e. The topological polar surface area (TPSA) is 133 Å². The number of hydrogen-bond acceptors (Lipinski definition) is 8. The number of hydrogen-bond donors (Lipinski definition) is 2. The second-order valence-corrected chi connectivity index (χ2v) is 9.42. The first kappa shape index (κ1) is 31.3. The van der Waals surface area contributed by atoms with Crippen LogP contribution in [-0.4, -0.2) is 66.3 Å². The number of esters is 1. The van der Waals surface area contributed by atoms with Crippen molar-refractivity contribution in [2.45, 2.75) is 66.0 Å². The zero-order valence-electron chi connectivity index (χ0n) is 23.5. The average molecular weight is 544 g/mol. The molecule has 0 spiro atoms. The molecule has 0 fully saturated rings. The summed E-state index contributed by atoms with van der Waals surface area (Å²) in [5.74, 6) is 0.905. The van der Waals surface area contributed by atoms with Crippen LogP contribution in [0.1, 0.15) is 69.8 Å². The van der Waals surface area contributed by atoms with Gasteiger partial charge in [0.2, 0.25) is 0 Å². The second-order valence-electron chi connectivity index (χ2n) is 9.42. The van der Waals surface area contributed by atoms with Crippen LogP contribution in [0.4, 0.5) is 0 Å². The minimum Gasteiger partial charge on any atom is -0.494 e. The van der Waals surface area contributed by atoms with E-state index in [1.165, 1.54) is 0 Å². The SMILES string of the molecule is CCOC(=O)COc1cc(OCCCCCOc2ccc(/C(N)=N/O)cc2)ccc1C(=O)N(C(C)C)C(C)C. The Morgan fingerprint density at radius 1 is 0.897 bits per heavy atom. The second kappa shape index (κ2) is 16.1. The summed E-state index contributed by atoms with van der Waals surface area (Å²) in [5, 5.41) is 11.7. The molecule has 0 aliphatic heterocycles. The van der Waals surface area contributed by atoms with E-state index in [0.29, 0.717) is 35.8 Å². The van der Waals surface area contributed by atoms with Gasteiger partial charge in [-0.05, 0) is 90.3 Å². The number of unbranched alkanes of at least 4 members (excludes halogenated alkanes) is 2. The average Bonchev–Trinajstić information content (AvgIpc) is 2.91. The van der Waals surface area contributed by atoms with Crippen molar-refractivity contribution in [3.8, 4) is 17.2 Å². The first-order chi connectivity index (χ1) is 18.7. The Morgan fingerprint density at radius 2 is 1.49 bits per heavy atom. The van der Waals surface area contributed by atoms with E-state index in [1.54, 1.807) is 54.3 Å². The van der Waals surface area contributed by atoms with Gasteiger partial charge < -0.3 is 34.8 Å². The van der Waals surface area contributed by atoms with Gasteiger partial charge in [0, 0.05) is 23.7 Å². The lowest BCUT2D eigenvalue weighted by Gasteiger charge is -2.31. The standard InChI is InChI=1S/C29H41N3O7/c1-6-36-27(33)19-39-26-18-24(14-15-25(26)29(34)32(20(2)3)21(4)5)38-17-9-7-8-16-37-23-12-10-22(11-13-23)28(30)31-35/h10-15,18,20-21,35H,6-9,16-17,19H2,1-5H3,(H2,30,31). The number of amidine groups is 1. The zero-order valence-corrected chi connectivity index (χ0v) is 23.5. The van der Waals surface area contributed by atoms with Gasteiger partial charge in [-0.15, -0.1) is 0 Å². The van der Waals surface area contributed by atoms with Crippen molar-refractivity contribution < 1.29 is 33.7 Å². The number of benzene rings is 2. The number of nitrogens with zero attached hydrogens (tertiary/aromatic N) is 2. The number of amides is 1. The summed E-state index contributed by atoms with van der Waals surface area (Å²) in [4.78, 5) is 26.9. The summed E-state index contributed by atoms with van der Waals surface area (Å²) in [7, 11) is 0. The Hall–Kier alpha value is -3.95. The maximum Gasteiger partial charge on any atom is 0.344 e. The lowest BCUT2D eigenvalue weighted by Crippen LogP contribution is -2.42. The van der Waals surface area contributed by atoms with E-state index in [0.717, 1.165) is 19.3 Å². The highest BCUT2D eigenvalue weighted by Crippen LogP contribution is 2.28. The van der Waals surface area contributed by atoms with Crippen molar-refractivity contribution in [3.63, 3.8) is 0 Å². The molecule has 214 valence electrons. The van der Waals surface area contributed by atoms with Crippen LogP contribution >= 0.6 is 0 Å². The van der Waals surface area contributed by atoms with E-state index in [-0.39, 0.29) is 42.8 Å². The van der Waals surface area contributed by atoms with Gasteiger partial charge in [-0.2, -0.15) is 0 Å². The minimum absolute atomic E-state index is 0.00538. The summed E-state index contributed by atoms with van der Waals surface area (Å²) in [6, 6.07) is 12.0. The van der Waals surface area contributed by atoms with Crippen molar-refractivity contribution >= 4 is 17.7 Å². The van der Waals surface area contributed by atoms with Crippen molar-refractivity contribution in [3.05, 3.63) is 53.6 Å². The highest BCUT2D eigenvalue weighted by atomic mass is 16.6. The van der Waals surface area contributed by atoms with Gasteiger partial charge in [-0.3, -0.25) is 4.79 Å². The predicted molar refractivity (Wildman–Crippen MR) is 149 cm³/mol. The van der Waals surface area contributed by atoms with Gasteiger partial charge in [0.15, 0.2) is 12.4 Å². The van der Waals surface area contributed by atoms with Crippen molar-refractivity contribution in [2.75, 3.05) is 26.4 Å². The van der Waals surface area contributed by atoms with Gasteiger partial charge in [-0.1, -0.05) is 5.16 Å². The Morgan fingerprint density at radius 3 is 2.05 bits per heavy atom. The highest BCUT2D eigenvalue weighted by Gasteiger charge is 2.25. The highest BCUT2D eigenvalue weighted by molar-refractivity contribution is 5.98. The van der Waals surface area contributed by atoms with E-state index in [9.17, 15) is 9.59 Å². The molecular weight excluding hydrogens is 502 g/mol. The van der Waals surface area contributed by atoms with Gasteiger partial charge in [0.05, 0.1) is 25.4 Å². The number of carbonyl (C=O) groups is 2. The molecular formula is C29H41N3O7. The summed E-state index contributed by atoms with van der Waals surface area (Å²) in [6.45, 7) is 10.5. The molecule has 0 heterocycles. The molecule has 0 saturated heterocycles. The number of ether oxygens (including phenoxy) is 4. The summed E-state index contributed by atoms with van der Waals surface area (Å²) in [6.07, 6.45) is 2.54. The Kier molecular flexibility index (Phi) is 12.9. The first-order valence-electron chi connectivity index (χ1n) is 13.3. The third-order valence-corrected chi connectivity index (χ3v) is 5.77. The molecule has 1 amide bonds. The number of rotatable bonds is 16. The maximum absolute atomic E-state index is 13.3. The molecule has 2 rings (SSSR count). The molecule has 0 radical (unpaired) electrons. The Bertz CT molecular complexity index is 1080. The fraction of sp³-hybridized carbons (Fsp3) is 0.483. The van der Waals surface area contributed by atoms with Crippen molar-refractivity contribution in [2.24, 2.45) is 10.9 Å². The number of nitrogens with two attached hydrogens (primary N) is 1. The van der Waals surface area contributed by atoms with E-state index in [1.807, 2.05) is 27.7 Å². The molecule has 0 aliphatic carbocycles. The number of oxime groups is 1. The molecule has 3 N–H and O–H groups in total. The third kappa shape index (κ3) is 10.0. The van der Waals surface area contributed by atoms with E-state index in [2.05, 4.69) is 5.16 Å². The van der Waals surface area contributed by atoms with Crippen LogP contribution in [0.3, 0.4) is 0 Å². The molecule has 10 heteroatoms. The molecule has 0 bridgehead atoms. The first-order valence-corrected chi connectivity index (χ1v) is 13.3. The molecule has 0 aliphatic rings. The smallest absolute Gasteiger partial charge is 0.344 e. The lowest BCUT2D eigenvalue weighted by molar-refractivity contribution is -0.145. The maximum atomic E-state index is 13.3. The monoisotopic (exact) mass is 543 g/mol. The van der Waals surface area contributed by atoms with Crippen molar-refractivity contribution in [1.29, 1.82) is 0 Å². The summed E-state index contributed by atoms with van der Waals surface area (Å²) >= 11 is 0. The van der Waals surface area contributed by atoms with Gasteiger partial charge in [0.1, 0.15) is 17.2 Å². The van der Waals surface area contributed by atoms with Crippen LogP contribution in [0.2, 0.25) is 0 Å². The Balaban J connectivity index is 1.91. The Labute approximate surface area is 230 Å². The molecule has 2 aromatic rings. The van der Waals surface area contributed by atoms with Crippen LogP contribution < -0.4 is 19.9 Å². The molecule has 10 nitrogen and oxygen atoms in total. The van der Waals surface area contributed by atoms with Crippen LogP contribution in [-0.2, 0) is 9.53 Å². The quantitative estimate of drug-likeness (QED) is 0.0783. The molecule has 0 atom stereocenters. The summed E-state index contributed by atoms with van der Waals surface area (Å²) in [5.41, 5.74) is 6.54. The molecule has 2 aromatic carbocycles. The van der Waals surface area contributed by atoms with Crippen LogP contribution in [0.15, 0.2) is 47.6 Å². The fourth-order valence-electron chi connectivity index (χ4n) is 3.97. The van der Waals surface area contributed by atoms with Gasteiger partial charge >= 0.3 is 5.97 Å². The van der Waals surface area contributed by atoms with Gasteiger partial charge in [0.25, 0.3) is 5.91 Å². The van der Waals surface area contributed by atoms with E-state index in [4.69, 9.17) is 29.9 Å². The molecule has 39 heavy (non-hydrogen) atoms. The number of carbonyl (C=O) groups excluding carboxylic acids is 2. The van der Waals surface area contributed by atoms with Crippen molar-refractivity contribution in [1.82, 2.24) is 4.90 Å². The fourth-order valence-corrected chi connectivity index (χ4v) is 3.97. The van der Waals surface area contributed by atoms with Crippen LogP contribution in [0.25, 0.3) is 0 Å². The normalized spacial score (nSPS) is 11.4. The molecule has 0 unspecified atom stereocenters. The molecule has 0 saturated carbocycles. The van der Waals surface area contributed by atoms with Gasteiger partial charge in [-0.25, -0.2) is 4.79 Å².